The maximum Gasteiger partial charge on any atom is 0.183 e. The van der Waals surface area contributed by atoms with Crippen LogP contribution in [0.4, 0.5) is 4.39 Å². The molecule has 1 fully saturated rings. The molecule has 0 saturated carbocycles. The summed E-state index contributed by atoms with van der Waals surface area (Å²) in [6.07, 6.45) is 0.618. The summed E-state index contributed by atoms with van der Waals surface area (Å²) in [6.45, 7) is 3.47. The van der Waals surface area contributed by atoms with Crippen LogP contribution in [0, 0.1) is 11.7 Å². The maximum absolute atomic E-state index is 13.3. The molecule has 4 heteroatoms. The van der Waals surface area contributed by atoms with Crippen LogP contribution in [0.15, 0.2) is 22.7 Å². The fourth-order valence-electron chi connectivity index (χ4n) is 1.63. The van der Waals surface area contributed by atoms with E-state index in [9.17, 15) is 4.39 Å². The molecule has 2 nitrogen and oxygen atoms in total. The molecule has 0 amide bonds. The van der Waals surface area contributed by atoms with Crippen LogP contribution in [0.5, 0.6) is 0 Å². The fraction of sp³-hybridized carbons (Fsp3) is 0.500. The van der Waals surface area contributed by atoms with Crippen molar-refractivity contribution in [1.82, 2.24) is 0 Å². The standard InChI is InChI=1S/C12H14BrFO2/c1-2-8-6-15-12(16-7-8)9-3-4-10(13)11(14)5-9/h3-5,8,12H,2,6-7H2,1H3. The molecule has 0 bridgehead atoms. The zero-order valence-electron chi connectivity index (χ0n) is 9.08. The summed E-state index contributed by atoms with van der Waals surface area (Å²) in [7, 11) is 0. The molecule has 0 N–H and O–H groups in total. The van der Waals surface area contributed by atoms with E-state index in [-0.39, 0.29) is 5.82 Å². The van der Waals surface area contributed by atoms with Crippen LogP contribution in [-0.2, 0) is 9.47 Å². The van der Waals surface area contributed by atoms with Gasteiger partial charge in [-0.2, -0.15) is 0 Å². The van der Waals surface area contributed by atoms with Crippen LogP contribution in [0.1, 0.15) is 25.2 Å². The normalized spacial score (nSPS) is 25.7. The van der Waals surface area contributed by atoms with Crippen molar-refractivity contribution in [2.45, 2.75) is 19.6 Å². The lowest BCUT2D eigenvalue weighted by Gasteiger charge is -2.29. The highest BCUT2D eigenvalue weighted by atomic mass is 79.9. The molecule has 1 aromatic rings. The predicted octanol–water partition coefficient (Wildman–Crippen LogP) is 3.66. The van der Waals surface area contributed by atoms with Gasteiger partial charge in [0.2, 0.25) is 0 Å². The van der Waals surface area contributed by atoms with E-state index in [4.69, 9.17) is 9.47 Å². The van der Waals surface area contributed by atoms with E-state index in [1.807, 2.05) is 6.07 Å². The average Bonchev–Trinajstić information content (AvgIpc) is 2.33. The summed E-state index contributed by atoms with van der Waals surface area (Å²) in [6, 6.07) is 4.93. The molecular weight excluding hydrogens is 275 g/mol. The molecule has 1 heterocycles. The van der Waals surface area contributed by atoms with Gasteiger partial charge in [-0.05, 0) is 34.5 Å². The zero-order valence-corrected chi connectivity index (χ0v) is 10.7. The Bertz CT molecular complexity index is 362. The van der Waals surface area contributed by atoms with E-state index in [0.717, 1.165) is 12.0 Å². The predicted molar refractivity (Wildman–Crippen MR) is 62.5 cm³/mol. The molecular formula is C12H14BrFO2. The quantitative estimate of drug-likeness (QED) is 0.827. The second-order valence-corrected chi connectivity index (χ2v) is 4.80. The minimum Gasteiger partial charge on any atom is -0.348 e. The summed E-state index contributed by atoms with van der Waals surface area (Å²) >= 11 is 3.12. The summed E-state index contributed by atoms with van der Waals surface area (Å²) in [5, 5.41) is 0. The minimum atomic E-state index is -0.426. The zero-order chi connectivity index (χ0) is 11.5. The molecule has 0 spiro atoms. The van der Waals surface area contributed by atoms with Gasteiger partial charge in [-0.25, -0.2) is 4.39 Å². The van der Waals surface area contributed by atoms with Crippen LogP contribution in [0.25, 0.3) is 0 Å². The number of hydrogen-bond donors (Lipinski definition) is 0. The lowest BCUT2D eigenvalue weighted by molar-refractivity contribution is -0.205. The SMILES string of the molecule is CCC1COC(c2ccc(Br)c(F)c2)OC1. The van der Waals surface area contributed by atoms with Gasteiger partial charge in [0.05, 0.1) is 17.7 Å². The highest BCUT2D eigenvalue weighted by Gasteiger charge is 2.22. The molecule has 88 valence electrons. The lowest BCUT2D eigenvalue weighted by atomic mass is 10.1. The van der Waals surface area contributed by atoms with Gasteiger partial charge in [-0.3, -0.25) is 0 Å². The Balaban J connectivity index is 2.05. The Morgan fingerprint density at radius 1 is 1.38 bits per heavy atom. The number of rotatable bonds is 2. The second-order valence-electron chi connectivity index (χ2n) is 3.95. The smallest absolute Gasteiger partial charge is 0.183 e. The van der Waals surface area contributed by atoms with Gasteiger partial charge in [-0.1, -0.05) is 13.0 Å². The Morgan fingerprint density at radius 3 is 2.62 bits per heavy atom. The Labute approximate surface area is 103 Å². The summed E-state index contributed by atoms with van der Waals surface area (Å²) in [4.78, 5) is 0. The molecule has 1 aliphatic heterocycles. The van der Waals surface area contributed by atoms with Crippen LogP contribution >= 0.6 is 15.9 Å². The first-order valence-electron chi connectivity index (χ1n) is 5.39. The number of benzene rings is 1. The molecule has 1 aliphatic rings. The largest absolute Gasteiger partial charge is 0.348 e. The van der Waals surface area contributed by atoms with Crippen molar-refractivity contribution in [3.8, 4) is 0 Å². The Hall–Kier alpha value is -0.450. The van der Waals surface area contributed by atoms with E-state index in [0.29, 0.717) is 23.6 Å². The van der Waals surface area contributed by atoms with Crippen LogP contribution in [-0.4, -0.2) is 13.2 Å². The first kappa shape index (κ1) is 12.0. The molecule has 1 aromatic carbocycles. The summed E-state index contributed by atoms with van der Waals surface area (Å²) in [5.74, 6) is 0.166. The third-order valence-electron chi connectivity index (χ3n) is 2.76. The molecule has 0 unspecified atom stereocenters. The van der Waals surface area contributed by atoms with Gasteiger partial charge in [0, 0.05) is 11.5 Å². The van der Waals surface area contributed by atoms with Crippen molar-refractivity contribution in [2.75, 3.05) is 13.2 Å². The second kappa shape index (κ2) is 5.25. The van der Waals surface area contributed by atoms with Gasteiger partial charge < -0.3 is 9.47 Å². The molecule has 2 rings (SSSR count). The van der Waals surface area contributed by atoms with Crippen molar-refractivity contribution in [2.24, 2.45) is 5.92 Å². The van der Waals surface area contributed by atoms with E-state index in [2.05, 4.69) is 22.9 Å². The van der Waals surface area contributed by atoms with E-state index >= 15 is 0 Å². The summed E-state index contributed by atoms with van der Waals surface area (Å²) in [5.41, 5.74) is 0.732. The van der Waals surface area contributed by atoms with E-state index in [1.54, 1.807) is 6.07 Å². The van der Waals surface area contributed by atoms with Crippen LogP contribution in [0.2, 0.25) is 0 Å². The molecule has 0 aliphatic carbocycles. The third-order valence-corrected chi connectivity index (χ3v) is 3.40. The van der Waals surface area contributed by atoms with Crippen LogP contribution in [0.3, 0.4) is 0 Å². The molecule has 0 radical (unpaired) electrons. The highest BCUT2D eigenvalue weighted by Crippen LogP contribution is 2.28. The van der Waals surface area contributed by atoms with Crippen molar-refractivity contribution in [1.29, 1.82) is 0 Å². The van der Waals surface area contributed by atoms with Gasteiger partial charge >= 0.3 is 0 Å². The Morgan fingerprint density at radius 2 is 2.06 bits per heavy atom. The van der Waals surface area contributed by atoms with E-state index in [1.165, 1.54) is 6.07 Å². The summed E-state index contributed by atoms with van der Waals surface area (Å²) < 4.78 is 24.9. The number of ether oxygens (including phenoxy) is 2. The van der Waals surface area contributed by atoms with Gasteiger partial charge in [0.1, 0.15) is 5.82 Å². The van der Waals surface area contributed by atoms with Gasteiger partial charge in [0.25, 0.3) is 0 Å². The van der Waals surface area contributed by atoms with Gasteiger partial charge in [-0.15, -0.1) is 0 Å². The molecule has 0 atom stereocenters. The number of halogens is 2. The molecule has 16 heavy (non-hydrogen) atoms. The van der Waals surface area contributed by atoms with Gasteiger partial charge in [0.15, 0.2) is 6.29 Å². The Kier molecular flexibility index (Phi) is 3.95. The first-order chi connectivity index (χ1) is 7.70. The third kappa shape index (κ3) is 2.62. The molecule has 1 saturated heterocycles. The van der Waals surface area contributed by atoms with Crippen molar-refractivity contribution in [3.63, 3.8) is 0 Å². The van der Waals surface area contributed by atoms with E-state index < -0.39 is 6.29 Å². The lowest BCUT2D eigenvalue weighted by Crippen LogP contribution is -2.26. The maximum atomic E-state index is 13.3. The highest BCUT2D eigenvalue weighted by molar-refractivity contribution is 9.10. The fourth-order valence-corrected chi connectivity index (χ4v) is 1.88. The average molecular weight is 289 g/mol. The minimum absolute atomic E-state index is 0.290. The van der Waals surface area contributed by atoms with Crippen LogP contribution < -0.4 is 0 Å². The topological polar surface area (TPSA) is 18.5 Å². The monoisotopic (exact) mass is 288 g/mol. The first-order valence-corrected chi connectivity index (χ1v) is 6.18. The van der Waals surface area contributed by atoms with Crippen molar-refractivity contribution in [3.05, 3.63) is 34.1 Å². The molecule has 0 aromatic heterocycles. The van der Waals surface area contributed by atoms with Crippen molar-refractivity contribution >= 4 is 15.9 Å². The number of hydrogen-bond acceptors (Lipinski definition) is 2. The van der Waals surface area contributed by atoms with Crippen molar-refractivity contribution < 1.29 is 13.9 Å².